The van der Waals surface area contributed by atoms with E-state index in [9.17, 15) is 9.90 Å². The molecule has 6 nitrogen and oxygen atoms in total. The van der Waals surface area contributed by atoms with Crippen LogP contribution >= 0.6 is 0 Å². The zero-order valence-electron chi connectivity index (χ0n) is 15.0. The molecule has 5 rings (SSSR count). The predicted molar refractivity (Wildman–Crippen MR) is 100 cm³/mol. The van der Waals surface area contributed by atoms with Crippen molar-refractivity contribution in [3.63, 3.8) is 0 Å². The number of fused-ring (bicyclic) bond motifs is 2. The van der Waals surface area contributed by atoms with Crippen LogP contribution in [-0.2, 0) is 5.60 Å². The Morgan fingerprint density at radius 2 is 2.04 bits per heavy atom. The molecule has 1 aliphatic carbocycles. The lowest BCUT2D eigenvalue weighted by Gasteiger charge is -2.41. The van der Waals surface area contributed by atoms with Crippen molar-refractivity contribution in [2.75, 3.05) is 13.1 Å². The first-order valence-corrected chi connectivity index (χ1v) is 9.52. The molecule has 1 aromatic carbocycles. The Labute approximate surface area is 157 Å². The number of imidazole rings is 1. The van der Waals surface area contributed by atoms with Gasteiger partial charge in [-0.2, -0.15) is 0 Å². The molecule has 1 N–H and O–H groups in total. The highest BCUT2D eigenvalue weighted by Crippen LogP contribution is 2.48. The number of carbonyl (C=O) groups is 1. The number of benzene rings is 1. The molecule has 3 heterocycles. The lowest BCUT2D eigenvalue weighted by molar-refractivity contribution is -0.0644. The fourth-order valence-electron chi connectivity index (χ4n) is 4.87. The molecule has 2 aliphatic rings. The molecule has 1 saturated heterocycles. The number of hydrogen-bond donors (Lipinski definition) is 1. The summed E-state index contributed by atoms with van der Waals surface area (Å²) in [5.74, 6) is 0.833. The van der Waals surface area contributed by atoms with E-state index >= 15 is 0 Å². The maximum atomic E-state index is 13.0. The molecule has 1 aliphatic heterocycles. The summed E-state index contributed by atoms with van der Waals surface area (Å²) in [5.41, 5.74) is 0.515. The monoisotopic (exact) mass is 362 g/mol. The van der Waals surface area contributed by atoms with Crippen molar-refractivity contribution < 1.29 is 9.90 Å². The number of amides is 1. The first-order chi connectivity index (χ1) is 13.1. The molecule has 1 amide bonds. The van der Waals surface area contributed by atoms with Crippen LogP contribution in [-0.4, -0.2) is 43.4 Å². The van der Waals surface area contributed by atoms with Gasteiger partial charge in [0.05, 0.1) is 5.60 Å². The van der Waals surface area contributed by atoms with Crippen LogP contribution in [0.25, 0.3) is 5.78 Å². The SMILES string of the molecule is O=C(c1cn2cccnc2n1)N1C[C@H]2CCC[C@](O)(c3ccccc3)[C@H]2C1. The number of aromatic nitrogens is 3. The van der Waals surface area contributed by atoms with Gasteiger partial charge in [0, 0.05) is 37.6 Å². The lowest BCUT2D eigenvalue weighted by atomic mass is 9.67. The number of nitrogens with zero attached hydrogens (tertiary/aromatic N) is 4. The molecule has 0 spiro atoms. The predicted octanol–water partition coefficient (Wildman–Crippen LogP) is 2.49. The Balaban J connectivity index is 1.43. The number of hydrogen-bond acceptors (Lipinski definition) is 4. The summed E-state index contributed by atoms with van der Waals surface area (Å²) >= 11 is 0. The maximum Gasteiger partial charge on any atom is 0.274 e. The summed E-state index contributed by atoms with van der Waals surface area (Å²) in [6.07, 6.45) is 8.02. The molecule has 27 heavy (non-hydrogen) atoms. The van der Waals surface area contributed by atoms with E-state index in [-0.39, 0.29) is 11.8 Å². The van der Waals surface area contributed by atoms with Gasteiger partial charge in [-0.05, 0) is 36.8 Å². The molecule has 1 saturated carbocycles. The molecule has 0 unspecified atom stereocenters. The minimum Gasteiger partial charge on any atom is -0.385 e. The summed E-state index contributed by atoms with van der Waals surface area (Å²) in [4.78, 5) is 23.5. The first kappa shape index (κ1) is 16.4. The molecule has 138 valence electrons. The van der Waals surface area contributed by atoms with Gasteiger partial charge in [-0.1, -0.05) is 30.3 Å². The van der Waals surface area contributed by atoms with Gasteiger partial charge < -0.3 is 10.0 Å². The molecule has 2 fully saturated rings. The lowest BCUT2D eigenvalue weighted by Crippen LogP contribution is -2.42. The Morgan fingerprint density at radius 1 is 1.19 bits per heavy atom. The smallest absolute Gasteiger partial charge is 0.274 e. The normalized spacial score (nSPS) is 27.7. The van der Waals surface area contributed by atoms with E-state index in [2.05, 4.69) is 9.97 Å². The molecule has 6 heteroatoms. The van der Waals surface area contributed by atoms with Crippen molar-refractivity contribution in [2.24, 2.45) is 11.8 Å². The minimum atomic E-state index is -0.861. The van der Waals surface area contributed by atoms with Crippen LogP contribution in [0.5, 0.6) is 0 Å². The van der Waals surface area contributed by atoms with Crippen LogP contribution in [0, 0.1) is 11.8 Å². The highest BCUT2D eigenvalue weighted by molar-refractivity contribution is 5.93. The van der Waals surface area contributed by atoms with E-state index in [1.165, 1.54) is 0 Å². The van der Waals surface area contributed by atoms with Gasteiger partial charge in [-0.15, -0.1) is 0 Å². The van der Waals surface area contributed by atoms with Gasteiger partial charge in [0.15, 0.2) is 0 Å². The molecule has 3 atom stereocenters. The molecular formula is C21H22N4O2. The summed E-state index contributed by atoms with van der Waals surface area (Å²) in [5, 5.41) is 11.5. The van der Waals surface area contributed by atoms with Crippen LogP contribution in [0.4, 0.5) is 0 Å². The van der Waals surface area contributed by atoms with Gasteiger partial charge in [0.1, 0.15) is 5.69 Å². The molecule has 3 aromatic rings. The van der Waals surface area contributed by atoms with Gasteiger partial charge in [0.25, 0.3) is 5.91 Å². The summed E-state index contributed by atoms with van der Waals surface area (Å²) in [7, 11) is 0. The Hall–Kier alpha value is -2.73. The fourth-order valence-corrected chi connectivity index (χ4v) is 4.87. The van der Waals surface area contributed by atoms with Crippen molar-refractivity contribution in [3.8, 4) is 0 Å². The van der Waals surface area contributed by atoms with Gasteiger partial charge in [-0.25, -0.2) is 9.97 Å². The summed E-state index contributed by atoms with van der Waals surface area (Å²) in [6, 6.07) is 11.7. The van der Waals surface area contributed by atoms with Crippen molar-refractivity contribution >= 4 is 11.7 Å². The molecular weight excluding hydrogens is 340 g/mol. The third kappa shape index (κ3) is 2.63. The average molecular weight is 362 g/mol. The zero-order valence-corrected chi connectivity index (χ0v) is 15.0. The largest absolute Gasteiger partial charge is 0.385 e. The number of rotatable bonds is 2. The Kier molecular flexibility index (Phi) is 3.75. The minimum absolute atomic E-state index is 0.0627. The van der Waals surface area contributed by atoms with Crippen LogP contribution < -0.4 is 0 Å². The van der Waals surface area contributed by atoms with Gasteiger partial charge >= 0.3 is 0 Å². The topological polar surface area (TPSA) is 70.7 Å². The van der Waals surface area contributed by atoms with Gasteiger partial charge in [0.2, 0.25) is 5.78 Å². The van der Waals surface area contributed by atoms with E-state index in [0.29, 0.717) is 30.5 Å². The van der Waals surface area contributed by atoms with E-state index in [1.54, 1.807) is 16.8 Å². The van der Waals surface area contributed by atoms with Crippen LogP contribution in [0.1, 0.15) is 35.3 Å². The zero-order chi connectivity index (χ0) is 18.4. The van der Waals surface area contributed by atoms with Crippen molar-refractivity contribution in [2.45, 2.75) is 24.9 Å². The summed E-state index contributed by atoms with van der Waals surface area (Å²) < 4.78 is 1.76. The fraction of sp³-hybridized carbons (Fsp3) is 0.381. The second-order valence-corrected chi connectivity index (χ2v) is 7.71. The number of likely N-dealkylation sites (tertiary alicyclic amines) is 1. The van der Waals surface area contributed by atoms with E-state index in [0.717, 1.165) is 24.8 Å². The molecule has 0 bridgehead atoms. The van der Waals surface area contributed by atoms with Crippen LogP contribution in [0.15, 0.2) is 55.0 Å². The second kappa shape index (κ2) is 6.16. The maximum absolute atomic E-state index is 13.0. The Bertz CT molecular complexity index is 953. The van der Waals surface area contributed by atoms with Crippen LogP contribution in [0.2, 0.25) is 0 Å². The van der Waals surface area contributed by atoms with Gasteiger partial charge in [-0.3, -0.25) is 9.20 Å². The second-order valence-electron chi connectivity index (χ2n) is 7.71. The standard InChI is InChI=1S/C21H22N4O2/c26-19(18-14-24-11-5-10-22-20(24)23-18)25-12-15-6-4-9-21(27,17(15)13-25)16-7-2-1-3-8-16/h1-3,5,7-8,10-11,14-15,17,27H,4,6,9,12-13H2/t15-,17+,21+/m1/s1. The quantitative estimate of drug-likeness (QED) is 0.760. The third-order valence-electron chi connectivity index (χ3n) is 6.20. The Morgan fingerprint density at radius 3 is 2.85 bits per heavy atom. The highest BCUT2D eigenvalue weighted by atomic mass is 16.3. The van der Waals surface area contributed by atoms with Crippen LogP contribution in [0.3, 0.4) is 0 Å². The first-order valence-electron chi connectivity index (χ1n) is 9.52. The number of aliphatic hydroxyl groups is 1. The average Bonchev–Trinajstić information content (AvgIpc) is 3.33. The highest BCUT2D eigenvalue weighted by Gasteiger charge is 2.50. The summed E-state index contributed by atoms with van der Waals surface area (Å²) in [6.45, 7) is 1.25. The van der Waals surface area contributed by atoms with Crippen molar-refractivity contribution in [1.82, 2.24) is 19.3 Å². The molecule has 0 radical (unpaired) electrons. The van der Waals surface area contributed by atoms with Crippen molar-refractivity contribution in [1.29, 1.82) is 0 Å². The molecule has 2 aromatic heterocycles. The van der Waals surface area contributed by atoms with Crippen molar-refractivity contribution in [3.05, 3.63) is 66.2 Å². The van der Waals surface area contributed by atoms with E-state index in [1.807, 2.05) is 47.5 Å². The van der Waals surface area contributed by atoms with E-state index < -0.39 is 5.60 Å². The number of carbonyl (C=O) groups excluding carboxylic acids is 1. The van der Waals surface area contributed by atoms with E-state index in [4.69, 9.17) is 0 Å². The third-order valence-corrected chi connectivity index (χ3v) is 6.20.